The molecule has 1 aliphatic heterocycles. The molecule has 1 aromatic heterocycles. The molecule has 0 bridgehead atoms. The van der Waals surface area contributed by atoms with Crippen molar-refractivity contribution in [1.82, 2.24) is 14.9 Å². The monoisotopic (exact) mass is 391 g/mol. The normalized spacial score (nSPS) is 14.6. The number of rotatable bonds is 4. The maximum Gasteiger partial charge on any atom is 0.321 e. The lowest BCUT2D eigenvalue weighted by Gasteiger charge is -2.30. The molecule has 1 saturated heterocycles. The van der Waals surface area contributed by atoms with Gasteiger partial charge >= 0.3 is 6.01 Å². The molecule has 29 heavy (non-hydrogen) atoms. The molecule has 0 aliphatic carbocycles. The van der Waals surface area contributed by atoms with Gasteiger partial charge in [-0.1, -0.05) is 19.1 Å². The van der Waals surface area contributed by atoms with Crippen LogP contribution in [0.1, 0.15) is 30.1 Å². The Bertz CT molecular complexity index is 965. The van der Waals surface area contributed by atoms with Gasteiger partial charge in [-0.05, 0) is 60.7 Å². The van der Waals surface area contributed by atoms with E-state index in [1.807, 2.05) is 29.2 Å². The van der Waals surface area contributed by atoms with Crippen LogP contribution in [0.2, 0.25) is 0 Å². The quantitative estimate of drug-likeness (QED) is 0.632. The fourth-order valence-electron chi connectivity index (χ4n) is 3.33. The third-order valence-electron chi connectivity index (χ3n) is 5.19. The van der Waals surface area contributed by atoms with Gasteiger partial charge in [0.2, 0.25) is 0 Å². The van der Waals surface area contributed by atoms with E-state index < -0.39 is 0 Å². The summed E-state index contributed by atoms with van der Waals surface area (Å²) in [6, 6.07) is 13.4. The molecule has 1 amide bonds. The van der Waals surface area contributed by atoms with Crippen molar-refractivity contribution in [2.24, 2.45) is 5.92 Å². The zero-order valence-corrected chi connectivity index (χ0v) is 16.2. The lowest BCUT2D eigenvalue weighted by atomic mass is 9.98. The largest absolute Gasteiger partial charge is 0.424 e. The predicted octanol–water partition coefficient (Wildman–Crippen LogP) is 4.95. The van der Waals surface area contributed by atoms with Crippen LogP contribution < -0.4 is 4.74 Å². The summed E-state index contributed by atoms with van der Waals surface area (Å²) in [5, 5.41) is 0. The number of aromatic nitrogens is 2. The Morgan fingerprint density at radius 1 is 0.966 bits per heavy atom. The molecule has 0 unspecified atom stereocenters. The fourth-order valence-corrected chi connectivity index (χ4v) is 3.33. The van der Waals surface area contributed by atoms with Crippen molar-refractivity contribution in [3.8, 4) is 22.9 Å². The van der Waals surface area contributed by atoms with E-state index in [9.17, 15) is 9.18 Å². The first-order chi connectivity index (χ1) is 14.1. The highest BCUT2D eigenvalue weighted by Crippen LogP contribution is 2.23. The number of carbonyl (C=O) groups is 1. The number of ether oxygens (including phenoxy) is 1. The molecule has 2 aromatic carbocycles. The molecule has 4 rings (SSSR count). The second kappa shape index (κ2) is 8.39. The van der Waals surface area contributed by atoms with Crippen molar-refractivity contribution < 1.29 is 13.9 Å². The van der Waals surface area contributed by atoms with Gasteiger partial charge < -0.3 is 9.64 Å². The van der Waals surface area contributed by atoms with E-state index in [0.29, 0.717) is 17.2 Å². The van der Waals surface area contributed by atoms with E-state index in [-0.39, 0.29) is 17.7 Å². The summed E-state index contributed by atoms with van der Waals surface area (Å²) >= 11 is 0. The van der Waals surface area contributed by atoms with Crippen LogP contribution in [0.3, 0.4) is 0 Å². The molecule has 0 atom stereocenters. The van der Waals surface area contributed by atoms with Gasteiger partial charge in [0.25, 0.3) is 5.91 Å². The Kier molecular flexibility index (Phi) is 5.51. The second-order valence-electron chi connectivity index (χ2n) is 7.36. The van der Waals surface area contributed by atoms with E-state index in [0.717, 1.165) is 37.1 Å². The zero-order valence-electron chi connectivity index (χ0n) is 16.2. The number of halogens is 1. The fraction of sp³-hybridized carbons (Fsp3) is 0.261. The van der Waals surface area contributed by atoms with E-state index in [2.05, 4.69) is 16.9 Å². The second-order valence-corrected chi connectivity index (χ2v) is 7.36. The number of nitrogens with zero attached hydrogens (tertiary/aromatic N) is 3. The van der Waals surface area contributed by atoms with Crippen molar-refractivity contribution in [2.45, 2.75) is 19.8 Å². The minimum absolute atomic E-state index is 0.0859. The Morgan fingerprint density at radius 2 is 1.59 bits per heavy atom. The van der Waals surface area contributed by atoms with Crippen LogP contribution in [0.15, 0.2) is 60.9 Å². The number of likely N-dealkylation sites (tertiary alicyclic amines) is 1. The number of hydrogen-bond acceptors (Lipinski definition) is 4. The Hall–Kier alpha value is -3.28. The number of hydrogen-bond donors (Lipinski definition) is 0. The maximum absolute atomic E-state index is 13.0. The molecule has 0 saturated carbocycles. The predicted molar refractivity (Wildman–Crippen MR) is 108 cm³/mol. The standard InChI is InChI=1S/C23H22FN3O2/c1-16-10-12-27(13-11-16)22(28)18-4-2-17(3-5-18)19-14-25-23(26-15-19)29-21-8-6-20(24)7-9-21/h2-9,14-16H,10-13H2,1H3. The van der Waals surface area contributed by atoms with Gasteiger partial charge in [0.15, 0.2) is 0 Å². The van der Waals surface area contributed by atoms with Gasteiger partial charge in [-0.2, -0.15) is 0 Å². The van der Waals surface area contributed by atoms with Gasteiger partial charge in [-0.15, -0.1) is 0 Å². The van der Waals surface area contributed by atoms with Gasteiger partial charge in [-0.25, -0.2) is 14.4 Å². The highest BCUT2D eigenvalue weighted by molar-refractivity contribution is 5.94. The van der Waals surface area contributed by atoms with Gasteiger partial charge in [-0.3, -0.25) is 4.79 Å². The summed E-state index contributed by atoms with van der Waals surface area (Å²) in [4.78, 5) is 23.0. The Balaban J connectivity index is 1.42. The van der Waals surface area contributed by atoms with Crippen molar-refractivity contribution in [2.75, 3.05) is 13.1 Å². The van der Waals surface area contributed by atoms with Crippen LogP contribution in [-0.2, 0) is 0 Å². The first-order valence-electron chi connectivity index (χ1n) is 9.73. The summed E-state index contributed by atoms with van der Waals surface area (Å²) in [6.45, 7) is 3.88. The van der Waals surface area contributed by atoms with Crippen molar-refractivity contribution in [3.05, 3.63) is 72.3 Å². The molecular weight excluding hydrogens is 369 g/mol. The van der Waals surface area contributed by atoms with Crippen molar-refractivity contribution in [3.63, 3.8) is 0 Å². The summed E-state index contributed by atoms with van der Waals surface area (Å²) in [5.41, 5.74) is 2.44. The van der Waals surface area contributed by atoms with Crippen LogP contribution in [0.5, 0.6) is 11.8 Å². The molecule has 148 valence electrons. The molecule has 1 fully saturated rings. The Labute approximate surface area is 169 Å². The lowest BCUT2D eigenvalue weighted by Crippen LogP contribution is -2.37. The first kappa shape index (κ1) is 19.1. The Morgan fingerprint density at radius 3 is 2.21 bits per heavy atom. The van der Waals surface area contributed by atoms with Crippen LogP contribution in [0, 0.1) is 11.7 Å². The molecule has 6 heteroatoms. The molecular formula is C23H22FN3O2. The van der Waals surface area contributed by atoms with Crippen LogP contribution in [0.4, 0.5) is 4.39 Å². The van der Waals surface area contributed by atoms with Gasteiger partial charge in [0.05, 0.1) is 0 Å². The summed E-state index contributed by atoms with van der Waals surface area (Å²) in [5.74, 6) is 0.915. The number of amides is 1. The third-order valence-corrected chi connectivity index (χ3v) is 5.19. The number of carbonyl (C=O) groups excluding carboxylic acids is 1. The molecule has 0 N–H and O–H groups in total. The van der Waals surface area contributed by atoms with E-state index >= 15 is 0 Å². The lowest BCUT2D eigenvalue weighted by molar-refractivity contribution is 0.0697. The molecule has 0 radical (unpaired) electrons. The zero-order chi connectivity index (χ0) is 20.2. The van der Waals surface area contributed by atoms with E-state index in [1.165, 1.54) is 24.3 Å². The smallest absolute Gasteiger partial charge is 0.321 e. The first-order valence-corrected chi connectivity index (χ1v) is 9.73. The highest BCUT2D eigenvalue weighted by Gasteiger charge is 2.21. The average molecular weight is 391 g/mol. The summed E-state index contributed by atoms with van der Waals surface area (Å²) < 4.78 is 18.5. The minimum Gasteiger partial charge on any atom is -0.424 e. The highest BCUT2D eigenvalue weighted by atomic mass is 19.1. The topological polar surface area (TPSA) is 55.3 Å². The molecule has 2 heterocycles. The van der Waals surface area contributed by atoms with Crippen molar-refractivity contribution >= 4 is 5.91 Å². The molecule has 3 aromatic rings. The van der Waals surface area contributed by atoms with Gasteiger partial charge in [0, 0.05) is 36.6 Å². The van der Waals surface area contributed by atoms with Crippen LogP contribution >= 0.6 is 0 Å². The molecule has 1 aliphatic rings. The van der Waals surface area contributed by atoms with E-state index in [4.69, 9.17) is 4.74 Å². The van der Waals surface area contributed by atoms with Crippen molar-refractivity contribution in [1.29, 1.82) is 0 Å². The number of piperidine rings is 1. The minimum atomic E-state index is -0.328. The summed E-state index contributed by atoms with van der Waals surface area (Å²) in [7, 11) is 0. The maximum atomic E-state index is 13.0. The summed E-state index contributed by atoms with van der Waals surface area (Å²) in [6.07, 6.45) is 5.45. The van der Waals surface area contributed by atoms with Crippen LogP contribution in [0.25, 0.3) is 11.1 Å². The van der Waals surface area contributed by atoms with Gasteiger partial charge in [0.1, 0.15) is 11.6 Å². The SMILES string of the molecule is CC1CCN(C(=O)c2ccc(-c3cnc(Oc4ccc(F)cc4)nc3)cc2)CC1. The number of benzene rings is 2. The molecule has 5 nitrogen and oxygen atoms in total. The average Bonchev–Trinajstić information content (AvgIpc) is 2.76. The van der Waals surface area contributed by atoms with E-state index in [1.54, 1.807) is 12.4 Å². The van der Waals surface area contributed by atoms with Crippen LogP contribution in [-0.4, -0.2) is 33.9 Å². The molecule has 0 spiro atoms. The third kappa shape index (κ3) is 4.59.